The van der Waals surface area contributed by atoms with E-state index in [9.17, 15) is 0 Å². The summed E-state index contributed by atoms with van der Waals surface area (Å²) in [5, 5.41) is 18.8. The van der Waals surface area contributed by atoms with Crippen molar-refractivity contribution in [3.63, 3.8) is 0 Å². The highest BCUT2D eigenvalue weighted by Crippen LogP contribution is 2.11. The molecule has 2 aromatic heterocycles. The van der Waals surface area contributed by atoms with Gasteiger partial charge < -0.3 is 10.8 Å². The quantitative estimate of drug-likeness (QED) is 0.737. The molecule has 0 radical (unpaired) electrons. The van der Waals surface area contributed by atoms with Crippen LogP contribution < -0.4 is 5.73 Å². The van der Waals surface area contributed by atoms with Crippen LogP contribution in [0.5, 0.6) is 0 Å². The molecular weight excluding hydrogens is 202 g/mol. The summed E-state index contributed by atoms with van der Waals surface area (Å²) < 4.78 is 1.61. The van der Waals surface area contributed by atoms with Crippen LogP contribution in [0.25, 0.3) is 0 Å². The first kappa shape index (κ1) is 9.10. The number of nitrogens with two attached hydrogens (primary N) is 1. The summed E-state index contributed by atoms with van der Waals surface area (Å²) in [4.78, 5) is 4.09. The maximum absolute atomic E-state index is 8.77. The minimum Gasteiger partial charge on any atom is -0.390 e. The molecule has 14 heavy (non-hydrogen) atoms. The van der Waals surface area contributed by atoms with E-state index in [1.807, 2.05) is 5.38 Å². The number of nitrogens with zero attached hydrogens (tertiary/aromatic N) is 4. The van der Waals surface area contributed by atoms with Crippen LogP contribution in [0.2, 0.25) is 0 Å². The van der Waals surface area contributed by atoms with Gasteiger partial charge in [0.1, 0.15) is 5.69 Å². The number of hydrogen-bond donors (Lipinski definition) is 2. The van der Waals surface area contributed by atoms with Crippen molar-refractivity contribution in [1.82, 2.24) is 20.0 Å². The van der Waals surface area contributed by atoms with E-state index in [2.05, 4.69) is 15.3 Å². The number of aromatic nitrogens is 4. The molecule has 0 aliphatic heterocycles. The molecule has 0 spiro atoms. The van der Waals surface area contributed by atoms with Crippen molar-refractivity contribution < 1.29 is 5.11 Å². The first-order valence-corrected chi connectivity index (χ1v) is 4.85. The summed E-state index contributed by atoms with van der Waals surface area (Å²) in [6.07, 6.45) is 1.68. The summed E-state index contributed by atoms with van der Waals surface area (Å²) in [6.45, 7) is 0.430. The lowest BCUT2D eigenvalue weighted by atomic mass is 10.5. The number of rotatable bonds is 3. The van der Waals surface area contributed by atoms with Crippen LogP contribution in [0.1, 0.15) is 11.4 Å². The maximum Gasteiger partial charge on any atom is 0.180 e. The number of aliphatic hydroxyl groups is 1. The molecule has 0 saturated heterocycles. The molecule has 0 saturated carbocycles. The Hall–Kier alpha value is -1.47. The van der Waals surface area contributed by atoms with Crippen molar-refractivity contribution in [3.8, 4) is 0 Å². The number of hydrogen-bond acceptors (Lipinski definition) is 6. The predicted octanol–water partition coefficient (Wildman–Crippen LogP) is -0.143. The monoisotopic (exact) mass is 211 g/mol. The Bertz CT molecular complexity index is 423. The average Bonchev–Trinajstić information content (AvgIpc) is 2.76. The fraction of sp³-hybridized carbons (Fsp3) is 0.286. The van der Waals surface area contributed by atoms with Gasteiger partial charge in [-0.05, 0) is 0 Å². The highest BCUT2D eigenvalue weighted by Gasteiger charge is 2.02. The third kappa shape index (κ3) is 1.88. The molecule has 0 aliphatic carbocycles. The van der Waals surface area contributed by atoms with E-state index in [-0.39, 0.29) is 6.61 Å². The van der Waals surface area contributed by atoms with Crippen molar-refractivity contribution in [1.29, 1.82) is 0 Å². The normalized spacial score (nSPS) is 10.6. The lowest BCUT2D eigenvalue weighted by Crippen LogP contribution is -2.00. The van der Waals surface area contributed by atoms with Gasteiger partial charge in [-0.15, -0.1) is 16.4 Å². The lowest BCUT2D eigenvalue weighted by molar-refractivity contribution is 0.276. The Morgan fingerprint density at radius 2 is 2.36 bits per heavy atom. The smallest absolute Gasteiger partial charge is 0.180 e. The van der Waals surface area contributed by atoms with E-state index < -0.39 is 0 Å². The summed E-state index contributed by atoms with van der Waals surface area (Å²) in [5.41, 5.74) is 6.88. The zero-order valence-electron chi connectivity index (χ0n) is 7.29. The SMILES string of the molecule is Nc1nc(Cn2cc(CO)nn2)cs1. The van der Waals surface area contributed by atoms with Crippen molar-refractivity contribution in [2.24, 2.45) is 0 Å². The molecule has 6 nitrogen and oxygen atoms in total. The van der Waals surface area contributed by atoms with Crippen LogP contribution in [-0.4, -0.2) is 25.1 Å². The highest BCUT2D eigenvalue weighted by molar-refractivity contribution is 7.13. The zero-order valence-corrected chi connectivity index (χ0v) is 8.11. The molecule has 0 amide bonds. The molecule has 0 atom stereocenters. The van der Waals surface area contributed by atoms with Gasteiger partial charge >= 0.3 is 0 Å². The first-order chi connectivity index (χ1) is 6.78. The van der Waals surface area contributed by atoms with Gasteiger partial charge in [0, 0.05) is 5.38 Å². The molecule has 0 aromatic carbocycles. The molecule has 0 bridgehead atoms. The molecule has 74 valence electrons. The second kappa shape index (κ2) is 3.72. The standard InChI is InChI=1S/C7H9N5OS/c8-7-9-6(4-14-7)2-12-1-5(3-13)10-11-12/h1,4,13H,2-3H2,(H2,8,9). The molecule has 2 heterocycles. The maximum atomic E-state index is 8.77. The molecule has 3 N–H and O–H groups in total. The number of anilines is 1. The van der Waals surface area contributed by atoms with Gasteiger partial charge in [0.2, 0.25) is 0 Å². The van der Waals surface area contributed by atoms with Gasteiger partial charge in [0.15, 0.2) is 5.13 Å². The van der Waals surface area contributed by atoms with Crippen LogP contribution in [-0.2, 0) is 13.2 Å². The van der Waals surface area contributed by atoms with Gasteiger partial charge in [-0.25, -0.2) is 9.67 Å². The van der Waals surface area contributed by atoms with Crippen LogP contribution in [0.4, 0.5) is 5.13 Å². The van der Waals surface area contributed by atoms with Crippen LogP contribution in [0.15, 0.2) is 11.6 Å². The Morgan fingerprint density at radius 3 is 2.93 bits per heavy atom. The van der Waals surface area contributed by atoms with Crippen molar-refractivity contribution in [2.45, 2.75) is 13.2 Å². The largest absolute Gasteiger partial charge is 0.390 e. The van der Waals surface area contributed by atoms with Gasteiger partial charge in [-0.3, -0.25) is 0 Å². The van der Waals surface area contributed by atoms with Gasteiger partial charge in [0.05, 0.1) is 25.0 Å². The number of thiazole rings is 1. The zero-order chi connectivity index (χ0) is 9.97. The van der Waals surface area contributed by atoms with Crippen LogP contribution >= 0.6 is 11.3 Å². The van der Waals surface area contributed by atoms with Crippen LogP contribution in [0, 0.1) is 0 Å². The molecule has 2 aromatic rings. The molecule has 2 rings (SSSR count). The Balaban J connectivity index is 2.10. The van der Waals surface area contributed by atoms with Crippen molar-refractivity contribution >= 4 is 16.5 Å². The average molecular weight is 211 g/mol. The first-order valence-electron chi connectivity index (χ1n) is 3.97. The van der Waals surface area contributed by atoms with Gasteiger partial charge in [-0.1, -0.05) is 5.21 Å². The summed E-state index contributed by atoms with van der Waals surface area (Å²) in [5.74, 6) is 0. The van der Waals surface area contributed by atoms with E-state index >= 15 is 0 Å². The van der Waals surface area contributed by atoms with E-state index in [0.29, 0.717) is 17.4 Å². The fourth-order valence-corrected chi connectivity index (χ4v) is 1.60. The second-order valence-corrected chi connectivity index (χ2v) is 3.63. The van der Waals surface area contributed by atoms with E-state index in [1.54, 1.807) is 10.9 Å². The molecule has 0 aliphatic rings. The van der Waals surface area contributed by atoms with E-state index in [1.165, 1.54) is 11.3 Å². The summed E-state index contributed by atoms with van der Waals surface area (Å²) in [7, 11) is 0. The Kier molecular flexibility index (Phi) is 2.42. The lowest BCUT2D eigenvalue weighted by Gasteiger charge is -1.93. The molecule has 0 unspecified atom stereocenters. The fourth-order valence-electron chi connectivity index (χ4n) is 1.05. The predicted molar refractivity (Wildman–Crippen MR) is 51.6 cm³/mol. The Morgan fingerprint density at radius 1 is 1.50 bits per heavy atom. The Labute approximate surface area is 84.0 Å². The highest BCUT2D eigenvalue weighted by atomic mass is 32.1. The van der Waals surface area contributed by atoms with Crippen molar-refractivity contribution in [3.05, 3.63) is 23.0 Å². The van der Waals surface area contributed by atoms with Crippen molar-refractivity contribution in [2.75, 3.05) is 5.73 Å². The molecule has 7 heteroatoms. The van der Waals surface area contributed by atoms with E-state index in [0.717, 1.165) is 5.69 Å². The third-order valence-corrected chi connectivity index (χ3v) is 2.36. The van der Waals surface area contributed by atoms with Crippen LogP contribution in [0.3, 0.4) is 0 Å². The minimum atomic E-state index is -0.0980. The second-order valence-electron chi connectivity index (χ2n) is 2.74. The van der Waals surface area contributed by atoms with Gasteiger partial charge in [-0.2, -0.15) is 0 Å². The van der Waals surface area contributed by atoms with E-state index in [4.69, 9.17) is 10.8 Å². The minimum absolute atomic E-state index is 0.0980. The molecular formula is C7H9N5OS. The summed E-state index contributed by atoms with van der Waals surface area (Å²) in [6, 6.07) is 0. The number of nitrogen functional groups attached to an aromatic ring is 1. The molecule has 0 fully saturated rings. The van der Waals surface area contributed by atoms with Gasteiger partial charge in [0.25, 0.3) is 0 Å². The summed E-state index contributed by atoms with van der Waals surface area (Å²) >= 11 is 1.39. The third-order valence-electron chi connectivity index (χ3n) is 1.64. The number of aliphatic hydroxyl groups excluding tert-OH is 1. The topological polar surface area (TPSA) is 89.8 Å².